The summed E-state index contributed by atoms with van der Waals surface area (Å²) in [5.41, 5.74) is 12.5. The molecule has 212 valence electrons. The van der Waals surface area contributed by atoms with Crippen molar-refractivity contribution in [1.82, 2.24) is 20.9 Å². The van der Waals surface area contributed by atoms with Crippen molar-refractivity contribution >= 4 is 46.5 Å². The zero-order chi connectivity index (χ0) is 29.3. The van der Waals surface area contributed by atoms with Crippen molar-refractivity contribution in [2.45, 2.75) is 63.7 Å². The number of para-hydroxylation sites is 1. The summed E-state index contributed by atoms with van der Waals surface area (Å²) in [5.74, 6) is -6.93. The van der Waals surface area contributed by atoms with Crippen LogP contribution in [0.4, 0.5) is 0 Å². The maximum absolute atomic E-state index is 13.4. The van der Waals surface area contributed by atoms with Gasteiger partial charge in [-0.05, 0) is 17.5 Å². The number of carbonyl (C=O) groups is 6. The molecule has 5 unspecified atom stereocenters. The maximum Gasteiger partial charge on any atom is 0.326 e. The lowest BCUT2D eigenvalue weighted by atomic mass is 9.98. The van der Waals surface area contributed by atoms with Crippen molar-refractivity contribution in [2.75, 3.05) is 0 Å². The molecule has 0 spiro atoms. The van der Waals surface area contributed by atoms with Gasteiger partial charge < -0.3 is 42.6 Å². The van der Waals surface area contributed by atoms with Crippen LogP contribution in [0, 0.1) is 5.92 Å². The van der Waals surface area contributed by atoms with E-state index in [2.05, 4.69) is 15.6 Å². The molecule has 0 fully saturated rings. The van der Waals surface area contributed by atoms with Crippen molar-refractivity contribution in [2.24, 2.45) is 17.4 Å². The van der Waals surface area contributed by atoms with Crippen molar-refractivity contribution in [3.05, 3.63) is 36.0 Å². The highest BCUT2D eigenvalue weighted by atomic mass is 16.4. The highest BCUT2D eigenvalue weighted by Gasteiger charge is 2.33. The molecule has 0 aliphatic rings. The fourth-order valence-corrected chi connectivity index (χ4v) is 3.84. The van der Waals surface area contributed by atoms with Gasteiger partial charge >= 0.3 is 11.9 Å². The molecule has 14 nitrogen and oxygen atoms in total. The van der Waals surface area contributed by atoms with Crippen molar-refractivity contribution in [3.8, 4) is 0 Å². The van der Waals surface area contributed by atoms with Crippen molar-refractivity contribution < 1.29 is 39.0 Å². The predicted octanol–water partition coefficient (Wildman–Crippen LogP) is -1.03. The number of aliphatic carboxylic acids is 2. The molecule has 39 heavy (non-hydrogen) atoms. The number of carboxylic acid groups (broad SMARTS) is 2. The number of carboxylic acids is 2. The normalized spacial score (nSPS) is 14.8. The highest BCUT2D eigenvalue weighted by Crippen LogP contribution is 2.19. The van der Waals surface area contributed by atoms with E-state index in [1.165, 1.54) is 0 Å². The van der Waals surface area contributed by atoms with Gasteiger partial charge in [-0.2, -0.15) is 0 Å². The summed E-state index contributed by atoms with van der Waals surface area (Å²) in [6, 6.07) is 1.58. The van der Waals surface area contributed by atoms with Crippen molar-refractivity contribution in [1.29, 1.82) is 0 Å². The average Bonchev–Trinajstić information content (AvgIpc) is 3.28. The molecule has 4 amide bonds. The summed E-state index contributed by atoms with van der Waals surface area (Å²) >= 11 is 0. The quantitative estimate of drug-likeness (QED) is 0.136. The molecule has 2 aromatic rings. The summed E-state index contributed by atoms with van der Waals surface area (Å²) in [5, 5.41) is 26.2. The first-order chi connectivity index (χ1) is 18.3. The van der Waals surface area contributed by atoms with Crippen LogP contribution < -0.4 is 27.4 Å². The molecule has 1 aromatic carbocycles. The molecular formula is C25H34N6O8. The van der Waals surface area contributed by atoms with Crippen LogP contribution in [-0.2, 0) is 35.2 Å². The van der Waals surface area contributed by atoms with Crippen LogP contribution in [0.1, 0.15) is 38.7 Å². The second-order valence-corrected chi connectivity index (χ2v) is 9.26. The number of aromatic amines is 1. The Bertz CT molecular complexity index is 1230. The van der Waals surface area contributed by atoms with Gasteiger partial charge in [-0.15, -0.1) is 0 Å². The van der Waals surface area contributed by atoms with E-state index < -0.39 is 72.6 Å². The third kappa shape index (κ3) is 8.81. The number of hydrogen-bond acceptors (Lipinski definition) is 7. The smallest absolute Gasteiger partial charge is 0.326 e. The summed E-state index contributed by atoms with van der Waals surface area (Å²) in [7, 11) is 0. The molecule has 0 saturated heterocycles. The molecule has 2 rings (SSSR count). The molecule has 5 atom stereocenters. The third-order valence-electron chi connectivity index (χ3n) is 6.32. The first-order valence-corrected chi connectivity index (χ1v) is 12.3. The van der Waals surface area contributed by atoms with Gasteiger partial charge in [-0.1, -0.05) is 38.5 Å². The van der Waals surface area contributed by atoms with Crippen LogP contribution in [0.5, 0.6) is 0 Å². The molecular weight excluding hydrogens is 512 g/mol. The van der Waals surface area contributed by atoms with Gasteiger partial charge in [-0.25, -0.2) is 4.79 Å². The number of nitrogens with two attached hydrogens (primary N) is 2. The zero-order valence-electron chi connectivity index (χ0n) is 21.6. The van der Waals surface area contributed by atoms with Crippen LogP contribution in [0.3, 0.4) is 0 Å². The number of nitrogens with one attached hydrogen (secondary N) is 4. The monoisotopic (exact) mass is 546 g/mol. The summed E-state index contributed by atoms with van der Waals surface area (Å²) in [6.45, 7) is 3.63. The van der Waals surface area contributed by atoms with E-state index in [9.17, 15) is 39.0 Å². The molecule has 0 aliphatic heterocycles. The molecule has 14 heteroatoms. The van der Waals surface area contributed by atoms with Crippen LogP contribution in [0.25, 0.3) is 10.9 Å². The number of benzene rings is 1. The highest BCUT2D eigenvalue weighted by molar-refractivity contribution is 5.96. The lowest BCUT2D eigenvalue weighted by Crippen LogP contribution is -2.58. The van der Waals surface area contributed by atoms with E-state index in [0.29, 0.717) is 12.0 Å². The minimum atomic E-state index is -1.74. The second kappa shape index (κ2) is 13.9. The Morgan fingerprint density at radius 1 is 0.897 bits per heavy atom. The largest absolute Gasteiger partial charge is 0.481 e. The standard InChI is InChI=1S/C25H34N6O8/c1-3-12(2)21(27)24(37)30-16(8-13-11-28-15-7-5-4-6-14(13)15)22(35)29-17(10-20(33)34)23(36)31-18(25(38)39)9-19(26)32/h4-7,11-12,16-18,21,28H,3,8-10,27H2,1-2H3,(H2,26,32)(H,29,35)(H,30,37)(H,31,36)(H,33,34)(H,38,39). The fourth-order valence-electron chi connectivity index (χ4n) is 3.84. The van der Waals surface area contributed by atoms with E-state index in [4.69, 9.17) is 11.5 Å². The number of fused-ring (bicyclic) bond motifs is 1. The topological polar surface area (TPSA) is 247 Å². The molecule has 10 N–H and O–H groups in total. The fraction of sp³-hybridized carbons (Fsp3) is 0.440. The second-order valence-electron chi connectivity index (χ2n) is 9.26. The lowest BCUT2D eigenvalue weighted by Gasteiger charge is -2.25. The van der Waals surface area contributed by atoms with Gasteiger partial charge in [0.15, 0.2) is 0 Å². The van der Waals surface area contributed by atoms with Crippen molar-refractivity contribution in [3.63, 3.8) is 0 Å². The Labute approximate surface area is 223 Å². The number of carbonyl (C=O) groups excluding carboxylic acids is 4. The Morgan fingerprint density at radius 3 is 2.08 bits per heavy atom. The van der Waals surface area contributed by atoms with E-state index in [0.717, 1.165) is 10.9 Å². The SMILES string of the molecule is CCC(C)C(N)C(=O)NC(Cc1c[nH]c2ccccc12)C(=O)NC(CC(=O)O)C(=O)NC(CC(N)=O)C(=O)O. The zero-order valence-corrected chi connectivity index (χ0v) is 21.6. The minimum Gasteiger partial charge on any atom is -0.481 e. The Kier molecular flexibility index (Phi) is 11.0. The van der Waals surface area contributed by atoms with Crippen LogP contribution >= 0.6 is 0 Å². The molecule has 1 heterocycles. The van der Waals surface area contributed by atoms with E-state index in [-0.39, 0.29) is 12.3 Å². The van der Waals surface area contributed by atoms with Gasteiger partial charge in [0.1, 0.15) is 18.1 Å². The maximum atomic E-state index is 13.4. The van der Waals surface area contributed by atoms with E-state index in [1.54, 1.807) is 19.2 Å². The molecule has 0 radical (unpaired) electrons. The van der Waals surface area contributed by atoms with Gasteiger partial charge in [0, 0.05) is 23.5 Å². The molecule has 1 aromatic heterocycles. The Hall–Kier alpha value is -4.46. The minimum absolute atomic E-state index is 0.0321. The van der Waals surface area contributed by atoms with Crippen LogP contribution in [0.2, 0.25) is 0 Å². The van der Waals surface area contributed by atoms with Gasteiger partial charge in [0.25, 0.3) is 0 Å². The van der Waals surface area contributed by atoms with Crippen LogP contribution in [-0.4, -0.2) is 74.9 Å². The van der Waals surface area contributed by atoms with Crippen LogP contribution in [0.15, 0.2) is 30.5 Å². The number of amides is 4. The Morgan fingerprint density at radius 2 is 1.49 bits per heavy atom. The summed E-state index contributed by atoms with van der Waals surface area (Å²) in [4.78, 5) is 76.1. The number of primary amides is 1. The first-order valence-electron chi connectivity index (χ1n) is 12.3. The summed E-state index contributed by atoms with van der Waals surface area (Å²) < 4.78 is 0. The van der Waals surface area contributed by atoms with Gasteiger partial charge in [0.2, 0.25) is 23.6 Å². The lowest BCUT2D eigenvalue weighted by molar-refractivity contribution is -0.144. The first kappa shape index (κ1) is 30.8. The third-order valence-corrected chi connectivity index (χ3v) is 6.32. The Balaban J connectivity index is 2.33. The van der Waals surface area contributed by atoms with E-state index in [1.807, 2.05) is 30.4 Å². The molecule has 0 saturated carbocycles. The molecule has 0 aliphatic carbocycles. The predicted molar refractivity (Wildman–Crippen MR) is 139 cm³/mol. The number of H-pyrrole nitrogens is 1. The summed E-state index contributed by atoms with van der Waals surface area (Å²) in [6.07, 6.45) is 0.580. The van der Waals surface area contributed by atoms with E-state index >= 15 is 0 Å². The number of aromatic nitrogens is 1. The number of rotatable bonds is 15. The van der Waals surface area contributed by atoms with Gasteiger partial charge in [-0.3, -0.25) is 24.0 Å². The average molecular weight is 547 g/mol. The number of hydrogen-bond donors (Lipinski definition) is 8. The van der Waals surface area contributed by atoms with Gasteiger partial charge in [0.05, 0.1) is 18.9 Å². The molecule has 0 bridgehead atoms.